The number of ether oxygens (including phenoxy) is 1. The van der Waals surface area contributed by atoms with Gasteiger partial charge in [-0.3, -0.25) is 4.79 Å². The van der Waals surface area contributed by atoms with E-state index in [4.69, 9.17) is 14.3 Å². The van der Waals surface area contributed by atoms with E-state index in [0.29, 0.717) is 12.5 Å². The molecule has 6 heteroatoms. The number of aliphatic carboxylic acids is 1. The third kappa shape index (κ3) is 3.54. The molecular formula is C19H23NO5. The van der Waals surface area contributed by atoms with Crippen LogP contribution in [-0.4, -0.2) is 47.7 Å². The highest BCUT2D eigenvalue weighted by Crippen LogP contribution is 2.29. The van der Waals surface area contributed by atoms with Crippen LogP contribution in [0.3, 0.4) is 0 Å². The number of fused-ring (bicyclic) bond motifs is 1. The van der Waals surface area contributed by atoms with E-state index in [2.05, 4.69) is 26.8 Å². The summed E-state index contributed by atoms with van der Waals surface area (Å²) in [5, 5.41) is 10.0. The predicted molar refractivity (Wildman–Crippen MR) is 92.7 cm³/mol. The standard InChI is InChI=1S/C19H23NO5/c1-11(2)14-8-15-13(10-25-16(15)6-12(14)3)7-18(21)20-4-5-24-17(9-20)19(22)23/h6,8,10-11,17H,4-5,7,9H2,1-3H3,(H,22,23). The number of carbonyl (C=O) groups is 2. The highest BCUT2D eigenvalue weighted by atomic mass is 16.5. The molecule has 1 aliphatic heterocycles. The second kappa shape index (κ2) is 6.88. The maximum Gasteiger partial charge on any atom is 0.334 e. The SMILES string of the molecule is Cc1cc2occ(CC(=O)N3CCOC(C(=O)O)C3)c2cc1C(C)C. The first-order valence-electron chi connectivity index (χ1n) is 8.49. The number of nitrogens with zero attached hydrogens (tertiary/aromatic N) is 1. The molecule has 2 heterocycles. The van der Waals surface area contributed by atoms with Gasteiger partial charge in [-0.1, -0.05) is 13.8 Å². The zero-order chi connectivity index (χ0) is 18.1. The number of aryl methyl sites for hydroxylation is 1. The van der Waals surface area contributed by atoms with E-state index in [1.165, 1.54) is 11.1 Å². The van der Waals surface area contributed by atoms with E-state index < -0.39 is 12.1 Å². The molecule has 25 heavy (non-hydrogen) atoms. The molecule has 1 unspecified atom stereocenters. The van der Waals surface area contributed by atoms with E-state index in [9.17, 15) is 9.59 Å². The molecule has 1 N–H and O–H groups in total. The Labute approximate surface area is 146 Å². The summed E-state index contributed by atoms with van der Waals surface area (Å²) in [6.07, 6.45) is 0.871. The average molecular weight is 345 g/mol. The lowest BCUT2D eigenvalue weighted by molar-refractivity contribution is -0.159. The van der Waals surface area contributed by atoms with Gasteiger partial charge in [0.25, 0.3) is 0 Å². The molecule has 2 aromatic rings. The van der Waals surface area contributed by atoms with Crippen molar-refractivity contribution < 1.29 is 23.8 Å². The van der Waals surface area contributed by atoms with Gasteiger partial charge in [0.2, 0.25) is 5.91 Å². The summed E-state index contributed by atoms with van der Waals surface area (Å²) in [4.78, 5) is 25.2. The molecule has 3 rings (SSSR count). The third-order valence-corrected chi connectivity index (χ3v) is 4.70. The smallest absolute Gasteiger partial charge is 0.334 e. The van der Waals surface area contributed by atoms with Crippen molar-refractivity contribution in [1.82, 2.24) is 4.90 Å². The minimum absolute atomic E-state index is 0.0836. The van der Waals surface area contributed by atoms with Crippen molar-refractivity contribution in [1.29, 1.82) is 0 Å². The molecule has 134 valence electrons. The van der Waals surface area contributed by atoms with E-state index in [-0.39, 0.29) is 25.5 Å². The van der Waals surface area contributed by atoms with Gasteiger partial charge in [0.15, 0.2) is 6.10 Å². The molecule has 0 spiro atoms. The van der Waals surface area contributed by atoms with Crippen LogP contribution in [0.4, 0.5) is 0 Å². The zero-order valence-corrected chi connectivity index (χ0v) is 14.7. The summed E-state index contributed by atoms with van der Waals surface area (Å²) in [5.41, 5.74) is 4.02. The first kappa shape index (κ1) is 17.5. The zero-order valence-electron chi connectivity index (χ0n) is 14.7. The van der Waals surface area contributed by atoms with Crippen molar-refractivity contribution in [2.75, 3.05) is 19.7 Å². The third-order valence-electron chi connectivity index (χ3n) is 4.70. The Morgan fingerprint density at radius 2 is 2.12 bits per heavy atom. The van der Waals surface area contributed by atoms with Crippen molar-refractivity contribution in [3.05, 3.63) is 35.1 Å². The monoisotopic (exact) mass is 345 g/mol. The summed E-state index contributed by atoms with van der Waals surface area (Å²) in [5.74, 6) is -0.759. The molecule has 1 aliphatic rings. The lowest BCUT2D eigenvalue weighted by Gasteiger charge is -2.30. The Bertz CT molecular complexity index is 807. The van der Waals surface area contributed by atoms with Crippen LogP contribution < -0.4 is 0 Å². The number of carboxylic acid groups (broad SMARTS) is 1. The van der Waals surface area contributed by atoms with Crippen LogP contribution in [0.2, 0.25) is 0 Å². The van der Waals surface area contributed by atoms with Gasteiger partial charge in [-0.25, -0.2) is 4.79 Å². The minimum atomic E-state index is -1.04. The lowest BCUT2D eigenvalue weighted by Crippen LogP contribution is -2.49. The van der Waals surface area contributed by atoms with Crippen molar-refractivity contribution in [3.8, 4) is 0 Å². The number of furan rings is 1. The molecule has 0 radical (unpaired) electrons. The van der Waals surface area contributed by atoms with Gasteiger partial charge in [-0.05, 0) is 36.1 Å². The summed E-state index contributed by atoms with van der Waals surface area (Å²) in [6.45, 7) is 7.07. The van der Waals surface area contributed by atoms with Gasteiger partial charge >= 0.3 is 5.97 Å². The van der Waals surface area contributed by atoms with Crippen LogP contribution in [0, 0.1) is 6.92 Å². The van der Waals surface area contributed by atoms with Crippen molar-refractivity contribution in [2.45, 2.75) is 39.2 Å². The molecular weight excluding hydrogens is 322 g/mol. The summed E-state index contributed by atoms with van der Waals surface area (Å²) in [7, 11) is 0. The first-order valence-corrected chi connectivity index (χ1v) is 8.49. The molecule has 0 saturated carbocycles. The lowest BCUT2D eigenvalue weighted by atomic mass is 9.95. The van der Waals surface area contributed by atoms with Gasteiger partial charge < -0.3 is 19.2 Å². The molecule has 1 atom stereocenters. The molecule has 1 aromatic heterocycles. The normalized spacial score (nSPS) is 18.1. The van der Waals surface area contributed by atoms with Gasteiger partial charge in [0.1, 0.15) is 5.58 Å². The van der Waals surface area contributed by atoms with E-state index in [1.807, 2.05) is 6.07 Å². The van der Waals surface area contributed by atoms with Crippen LogP contribution in [0.1, 0.15) is 36.5 Å². The summed E-state index contributed by atoms with van der Waals surface area (Å²) >= 11 is 0. The summed E-state index contributed by atoms with van der Waals surface area (Å²) < 4.78 is 10.8. The fourth-order valence-electron chi connectivity index (χ4n) is 3.30. The second-order valence-corrected chi connectivity index (χ2v) is 6.83. The van der Waals surface area contributed by atoms with Crippen LogP contribution in [0.25, 0.3) is 11.0 Å². The maximum atomic E-state index is 12.6. The minimum Gasteiger partial charge on any atom is -0.479 e. The van der Waals surface area contributed by atoms with Crippen molar-refractivity contribution in [2.24, 2.45) is 0 Å². The number of hydrogen-bond donors (Lipinski definition) is 1. The van der Waals surface area contributed by atoms with Crippen LogP contribution in [0.5, 0.6) is 0 Å². The van der Waals surface area contributed by atoms with Gasteiger partial charge in [-0.2, -0.15) is 0 Å². The molecule has 1 aromatic carbocycles. The van der Waals surface area contributed by atoms with E-state index in [0.717, 1.165) is 16.5 Å². The Balaban J connectivity index is 1.81. The molecule has 1 fully saturated rings. The van der Waals surface area contributed by atoms with Crippen molar-refractivity contribution >= 4 is 22.8 Å². The Hall–Kier alpha value is -2.34. The predicted octanol–water partition coefficient (Wildman–Crippen LogP) is 2.72. The number of benzene rings is 1. The molecule has 0 aliphatic carbocycles. The fraction of sp³-hybridized carbons (Fsp3) is 0.474. The Morgan fingerprint density at radius 3 is 2.80 bits per heavy atom. The number of rotatable bonds is 4. The average Bonchev–Trinajstić information content (AvgIpc) is 2.95. The number of morpholine rings is 1. The van der Waals surface area contributed by atoms with Crippen molar-refractivity contribution in [3.63, 3.8) is 0 Å². The highest BCUT2D eigenvalue weighted by molar-refractivity contribution is 5.89. The summed E-state index contributed by atoms with van der Waals surface area (Å²) in [6, 6.07) is 4.11. The maximum absolute atomic E-state index is 12.6. The van der Waals surface area contributed by atoms with Crippen LogP contribution in [-0.2, 0) is 20.7 Å². The molecule has 1 saturated heterocycles. The number of amides is 1. The fourth-order valence-corrected chi connectivity index (χ4v) is 3.30. The molecule has 1 amide bonds. The first-order chi connectivity index (χ1) is 11.9. The second-order valence-electron chi connectivity index (χ2n) is 6.83. The topological polar surface area (TPSA) is 80.0 Å². The van der Waals surface area contributed by atoms with E-state index in [1.54, 1.807) is 11.2 Å². The number of hydrogen-bond acceptors (Lipinski definition) is 4. The van der Waals surface area contributed by atoms with Crippen LogP contribution in [0.15, 0.2) is 22.8 Å². The largest absolute Gasteiger partial charge is 0.479 e. The van der Waals surface area contributed by atoms with Crippen LogP contribution >= 0.6 is 0 Å². The van der Waals surface area contributed by atoms with Gasteiger partial charge in [-0.15, -0.1) is 0 Å². The van der Waals surface area contributed by atoms with Gasteiger partial charge in [0.05, 0.1) is 25.8 Å². The Kier molecular flexibility index (Phi) is 4.81. The highest BCUT2D eigenvalue weighted by Gasteiger charge is 2.29. The molecule has 6 nitrogen and oxygen atoms in total. The molecule has 0 bridgehead atoms. The number of carbonyl (C=O) groups excluding carboxylic acids is 1. The van der Waals surface area contributed by atoms with E-state index >= 15 is 0 Å². The number of carboxylic acids is 1. The Morgan fingerprint density at radius 1 is 1.36 bits per heavy atom. The van der Waals surface area contributed by atoms with Gasteiger partial charge in [0, 0.05) is 17.5 Å². The quantitative estimate of drug-likeness (QED) is 0.921.